The third-order valence-electron chi connectivity index (χ3n) is 2.11. The van der Waals surface area contributed by atoms with Gasteiger partial charge in [-0.05, 0) is 0 Å². The highest BCUT2D eigenvalue weighted by Crippen LogP contribution is 2.29. The van der Waals surface area contributed by atoms with Crippen LogP contribution in [0.5, 0.6) is 0 Å². The van der Waals surface area contributed by atoms with E-state index in [9.17, 15) is 20.2 Å². The maximum atomic E-state index is 10.7. The van der Waals surface area contributed by atoms with Gasteiger partial charge in [-0.2, -0.15) is 5.10 Å². The predicted molar refractivity (Wildman–Crippen MR) is 54.0 cm³/mol. The molecule has 8 nitrogen and oxygen atoms in total. The highest BCUT2D eigenvalue weighted by Gasteiger charge is 2.20. The lowest BCUT2D eigenvalue weighted by molar-refractivity contribution is -0.393. The lowest BCUT2D eigenvalue weighted by atomic mass is 10.2. The van der Waals surface area contributed by atoms with E-state index in [4.69, 9.17) is 0 Å². The Kier molecular flexibility index (Phi) is 2.04. The van der Waals surface area contributed by atoms with Gasteiger partial charge >= 0.3 is 0 Å². The molecule has 0 spiro atoms. The SMILES string of the molecule is Cn1cc2c([N+](=O)[O-])cc([N+](=O)[O-])cc2n1. The smallest absolute Gasteiger partial charge is 0.274 e. The van der Waals surface area contributed by atoms with Crippen LogP contribution in [0.2, 0.25) is 0 Å². The summed E-state index contributed by atoms with van der Waals surface area (Å²) in [7, 11) is 1.59. The molecule has 0 fully saturated rings. The molecule has 0 bridgehead atoms. The molecule has 82 valence electrons. The molecule has 2 rings (SSSR count). The largest absolute Gasteiger partial charge is 0.287 e. The van der Waals surface area contributed by atoms with Gasteiger partial charge in [0.1, 0.15) is 5.52 Å². The average molecular weight is 222 g/mol. The molecule has 1 heterocycles. The van der Waals surface area contributed by atoms with Crippen LogP contribution >= 0.6 is 0 Å². The van der Waals surface area contributed by atoms with Gasteiger partial charge in [0.05, 0.1) is 21.3 Å². The summed E-state index contributed by atoms with van der Waals surface area (Å²) in [6.07, 6.45) is 1.46. The molecule has 0 atom stereocenters. The molecule has 2 aromatic rings. The van der Waals surface area contributed by atoms with Crippen LogP contribution in [-0.4, -0.2) is 19.6 Å². The summed E-state index contributed by atoms with van der Waals surface area (Å²) < 4.78 is 1.38. The van der Waals surface area contributed by atoms with E-state index in [-0.39, 0.29) is 22.3 Å². The van der Waals surface area contributed by atoms with Gasteiger partial charge in [0.2, 0.25) is 0 Å². The summed E-state index contributed by atoms with van der Waals surface area (Å²) in [6.45, 7) is 0. The Hall–Kier alpha value is -2.51. The fraction of sp³-hybridized carbons (Fsp3) is 0.125. The number of aryl methyl sites for hydroxylation is 1. The first-order valence-electron chi connectivity index (χ1n) is 4.25. The number of aromatic nitrogens is 2. The molecule has 0 radical (unpaired) electrons. The summed E-state index contributed by atoms with van der Waals surface area (Å²) in [5.74, 6) is 0. The minimum atomic E-state index is -0.679. The number of rotatable bonds is 2. The van der Waals surface area contributed by atoms with E-state index in [0.29, 0.717) is 0 Å². The first-order chi connectivity index (χ1) is 7.49. The van der Waals surface area contributed by atoms with Crippen molar-refractivity contribution in [2.24, 2.45) is 7.05 Å². The summed E-state index contributed by atoms with van der Waals surface area (Å²) in [5.41, 5.74) is -0.404. The predicted octanol–water partition coefficient (Wildman–Crippen LogP) is 1.39. The zero-order valence-electron chi connectivity index (χ0n) is 8.15. The van der Waals surface area contributed by atoms with Gasteiger partial charge in [-0.25, -0.2) is 0 Å². The van der Waals surface area contributed by atoms with Crippen LogP contribution in [0, 0.1) is 20.2 Å². The quantitative estimate of drug-likeness (QED) is 0.564. The second-order valence-corrected chi connectivity index (χ2v) is 3.21. The number of nitro groups is 2. The van der Waals surface area contributed by atoms with Gasteiger partial charge in [-0.1, -0.05) is 0 Å². The molecule has 0 N–H and O–H groups in total. The van der Waals surface area contributed by atoms with E-state index in [2.05, 4.69) is 5.10 Å². The molecular weight excluding hydrogens is 216 g/mol. The van der Waals surface area contributed by atoms with Crippen molar-refractivity contribution in [3.05, 3.63) is 38.6 Å². The maximum absolute atomic E-state index is 10.7. The normalized spacial score (nSPS) is 10.6. The van der Waals surface area contributed by atoms with Crippen LogP contribution in [0.3, 0.4) is 0 Å². The topological polar surface area (TPSA) is 104 Å². The van der Waals surface area contributed by atoms with Crippen LogP contribution in [0.4, 0.5) is 11.4 Å². The van der Waals surface area contributed by atoms with Crippen molar-refractivity contribution in [2.75, 3.05) is 0 Å². The molecule has 0 aliphatic heterocycles. The fourth-order valence-electron chi connectivity index (χ4n) is 1.47. The second kappa shape index (κ2) is 3.26. The van der Waals surface area contributed by atoms with Crippen LogP contribution < -0.4 is 0 Å². The lowest BCUT2D eigenvalue weighted by Crippen LogP contribution is -1.93. The highest BCUT2D eigenvalue weighted by atomic mass is 16.6. The van der Waals surface area contributed by atoms with Gasteiger partial charge in [-0.3, -0.25) is 24.9 Å². The number of nitrogens with zero attached hydrogens (tertiary/aromatic N) is 4. The standard InChI is InChI=1S/C8H6N4O4/c1-10-4-6-7(9-10)2-5(11(13)14)3-8(6)12(15)16/h2-4H,1H3. The number of benzene rings is 1. The summed E-state index contributed by atoms with van der Waals surface area (Å²) in [5, 5.41) is 25.5. The summed E-state index contributed by atoms with van der Waals surface area (Å²) in [6, 6.07) is 2.15. The monoisotopic (exact) mass is 222 g/mol. The van der Waals surface area contributed by atoms with E-state index in [1.54, 1.807) is 7.05 Å². The Morgan fingerprint density at radius 3 is 2.50 bits per heavy atom. The van der Waals surface area contributed by atoms with Crippen molar-refractivity contribution in [1.29, 1.82) is 0 Å². The van der Waals surface area contributed by atoms with Crippen LogP contribution in [-0.2, 0) is 7.05 Å². The Balaban J connectivity index is 2.83. The molecule has 8 heteroatoms. The second-order valence-electron chi connectivity index (χ2n) is 3.21. The van der Waals surface area contributed by atoms with E-state index in [0.717, 1.165) is 6.07 Å². The highest BCUT2D eigenvalue weighted by molar-refractivity contribution is 5.89. The van der Waals surface area contributed by atoms with Crippen LogP contribution in [0.25, 0.3) is 10.9 Å². The van der Waals surface area contributed by atoms with Crippen molar-refractivity contribution in [2.45, 2.75) is 0 Å². The Morgan fingerprint density at radius 1 is 1.25 bits per heavy atom. The number of non-ortho nitro benzene ring substituents is 2. The maximum Gasteiger partial charge on any atom is 0.287 e. The van der Waals surface area contributed by atoms with E-state index in [1.807, 2.05) is 0 Å². The van der Waals surface area contributed by atoms with Crippen molar-refractivity contribution >= 4 is 22.3 Å². The van der Waals surface area contributed by atoms with Gasteiger partial charge in [-0.15, -0.1) is 0 Å². The van der Waals surface area contributed by atoms with Crippen molar-refractivity contribution in [3.8, 4) is 0 Å². The molecule has 0 saturated carbocycles. The van der Waals surface area contributed by atoms with Crippen LogP contribution in [0.1, 0.15) is 0 Å². The summed E-state index contributed by atoms with van der Waals surface area (Å²) in [4.78, 5) is 20.0. The Labute approximate surface area is 88.4 Å². The molecule has 0 aliphatic carbocycles. The van der Waals surface area contributed by atoms with Crippen molar-refractivity contribution in [3.63, 3.8) is 0 Å². The minimum absolute atomic E-state index is 0.239. The fourth-order valence-corrected chi connectivity index (χ4v) is 1.47. The molecular formula is C8H6N4O4. The minimum Gasteiger partial charge on any atom is -0.274 e. The Bertz CT molecular complexity index is 603. The Morgan fingerprint density at radius 2 is 1.94 bits per heavy atom. The molecule has 1 aromatic heterocycles. The number of hydrogen-bond acceptors (Lipinski definition) is 5. The molecule has 1 aromatic carbocycles. The number of hydrogen-bond donors (Lipinski definition) is 0. The molecule has 0 aliphatic rings. The number of nitro benzene ring substituents is 2. The van der Waals surface area contributed by atoms with Gasteiger partial charge in [0.15, 0.2) is 0 Å². The summed E-state index contributed by atoms with van der Waals surface area (Å²) >= 11 is 0. The lowest BCUT2D eigenvalue weighted by Gasteiger charge is -1.93. The van der Waals surface area contributed by atoms with E-state index in [1.165, 1.54) is 16.9 Å². The molecule has 0 unspecified atom stereocenters. The van der Waals surface area contributed by atoms with Crippen molar-refractivity contribution < 1.29 is 9.85 Å². The van der Waals surface area contributed by atoms with Gasteiger partial charge < -0.3 is 0 Å². The third kappa shape index (κ3) is 1.45. The molecule has 16 heavy (non-hydrogen) atoms. The zero-order valence-corrected chi connectivity index (χ0v) is 8.15. The zero-order chi connectivity index (χ0) is 11.9. The van der Waals surface area contributed by atoms with Gasteiger partial charge in [0, 0.05) is 19.3 Å². The average Bonchev–Trinajstić information content (AvgIpc) is 2.55. The number of fused-ring (bicyclic) bond motifs is 1. The van der Waals surface area contributed by atoms with Crippen molar-refractivity contribution in [1.82, 2.24) is 9.78 Å². The van der Waals surface area contributed by atoms with E-state index >= 15 is 0 Å². The van der Waals surface area contributed by atoms with E-state index < -0.39 is 9.85 Å². The molecule has 0 amide bonds. The molecule has 0 saturated heterocycles. The first kappa shape index (κ1) is 10.0. The van der Waals surface area contributed by atoms with Gasteiger partial charge in [0.25, 0.3) is 11.4 Å². The third-order valence-corrected chi connectivity index (χ3v) is 2.11. The van der Waals surface area contributed by atoms with Crippen LogP contribution in [0.15, 0.2) is 18.3 Å². The first-order valence-corrected chi connectivity index (χ1v) is 4.25.